The van der Waals surface area contributed by atoms with Crippen LogP contribution in [0.1, 0.15) is 0 Å². The van der Waals surface area contributed by atoms with Crippen LogP contribution in [-0.4, -0.2) is 15.5 Å². The molecular formula is C16H13N3O3. The van der Waals surface area contributed by atoms with Gasteiger partial charge in [0, 0.05) is 6.07 Å². The minimum absolute atomic E-state index is 0.00906. The summed E-state index contributed by atoms with van der Waals surface area (Å²) < 4.78 is 7.41. The van der Waals surface area contributed by atoms with Crippen molar-refractivity contribution in [1.29, 1.82) is 0 Å². The van der Waals surface area contributed by atoms with E-state index in [4.69, 9.17) is 10.5 Å². The fourth-order valence-electron chi connectivity index (χ4n) is 2.09. The van der Waals surface area contributed by atoms with Crippen molar-refractivity contribution < 1.29 is 9.53 Å². The summed E-state index contributed by atoms with van der Waals surface area (Å²) >= 11 is 0. The lowest BCUT2D eigenvalue weighted by atomic mass is 10.3. The molecule has 0 aliphatic heterocycles. The molecule has 3 rings (SSSR count). The van der Waals surface area contributed by atoms with E-state index in [1.165, 1.54) is 10.7 Å². The maximum Gasteiger partial charge on any atom is 0.440 e. The number of anilines is 1. The van der Waals surface area contributed by atoms with Gasteiger partial charge in [0.25, 0.3) is 5.56 Å². The molecule has 3 aromatic rings. The lowest BCUT2D eigenvalue weighted by Crippen LogP contribution is -2.29. The fourth-order valence-corrected chi connectivity index (χ4v) is 2.09. The van der Waals surface area contributed by atoms with Gasteiger partial charge >= 0.3 is 6.09 Å². The van der Waals surface area contributed by atoms with Crippen molar-refractivity contribution >= 4 is 11.9 Å². The summed E-state index contributed by atoms with van der Waals surface area (Å²) in [7, 11) is 0. The van der Waals surface area contributed by atoms with Crippen molar-refractivity contribution in [3.05, 3.63) is 77.1 Å². The van der Waals surface area contributed by atoms with E-state index < -0.39 is 11.7 Å². The van der Waals surface area contributed by atoms with Gasteiger partial charge in [0.15, 0.2) is 0 Å². The number of benzene rings is 2. The Morgan fingerprint density at radius 2 is 1.55 bits per heavy atom. The van der Waals surface area contributed by atoms with Crippen LogP contribution in [0.3, 0.4) is 0 Å². The lowest BCUT2D eigenvalue weighted by molar-refractivity contribution is 0.197. The summed E-state index contributed by atoms with van der Waals surface area (Å²) in [5.74, 6) is 0.377. The molecule has 0 spiro atoms. The molecule has 0 aliphatic carbocycles. The molecule has 0 atom stereocenters. The quantitative estimate of drug-likeness (QED) is 0.786. The number of carbonyl (C=O) groups excluding carboxylic acids is 1. The molecule has 2 N–H and O–H groups in total. The van der Waals surface area contributed by atoms with Crippen LogP contribution in [0.5, 0.6) is 5.75 Å². The first-order valence-electron chi connectivity index (χ1n) is 6.60. The Labute approximate surface area is 126 Å². The van der Waals surface area contributed by atoms with Gasteiger partial charge in [-0.25, -0.2) is 9.48 Å². The van der Waals surface area contributed by atoms with Crippen LogP contribution >= 0.6 is 0 Å². The molecule has 0 fully saturated rings. The van der Waals surface area contributed by atoms with Gasteiger partial charge in [-0.3, -0.25) is 4.79 Å². The average Bonchev–Trinajstić information content (AvgIpc) is 2.83. The highest BCUT2D eigenvalue weighted by Crippen LogP contribution is 2.13. The first kappa shape index (κ1) is 13.7. The summed E-state index contributed by atoms with van der Waals surface area (Å²) in [5, 5.41) is 0. The van der Waals surface area contributed by atoms with Crippen molar-refractivity contribution in [2.45, 2.75) is 0 Å². The van der Waals surface area contributed by atoms with Crippen LogP contribution in [0.4, 0.5) is 10.6 Å². The van der Waals surface area contributed by atoms with Crippen LogP contribution in [0.2, 0.25) is 0 Å². The fraction of sp³-hybridized carbons (Fsp3) is 0. The molecule has 0 saturated heterocycles. The number of aromatic nitrogens is 2. The number of nitrogen functional groups attached to an aromatic ring is 1. The Kier molecular flexibility index (Phi) is 3.49. The molecule has 22 heavy (non-hydrogen) atoms. The van der Waals surface area contributed by atoms with Crippen LogP contribution < -0.4 is 16.0 Å². The molecule has 0 amide bonds. The van der Waals surface area contributed by atoms with E-state index >= 15 is 0 Å². The number of carbonyl (C=O) groups is 1. The predicted molar refractivity (Wildman–Crippen MR) is 82.3 cm³/mol. The Bertz CT molecular complexity index is 851. The maximum atomic E-state index is 12.3. The van der Waals surface area contributed by atoms with Crippen LogP contribution in [0.25, 0.3) is 5.69 Å². The van der Waals surface area contributed by atoms with E-state index in [1.807, 2.05) is 6.07 Å². The third-order valence-corrected chi connectivity index (χ3v) is 3.05. The topological polar surface area (TPSA) is 79.3 Å². The molecule has 1 heterocycles. The van der Waals surface area contributed by atoms with Gasteiger partial charge in [-0.2, -0.15) is 4.68 Å². The first-order valence-corrected chi connectivity index (χ1v) is 6.60. The molecule has 6 heteroatoms. The number of nitrogens with zero attached hydrogens (tertiary/aromatic N) is 2. The lowest BCUT2D eigenvalue weighted by Gasteiger charge is -2.11. The molecule has 6 nitrogen and oxygen atoms in total. The van der Waals surface area contributed by atoms with E-state index in [0.717, 1.165) is 4.68 Å². The van der Waals surface area contributed by atoms with E-state index in [-0.39, 0.29) is 5.82 Å². The van der Waals surface area contributed by atoms with Crippen molar-refractivity contribution in [3.8, 4) is 11.4 Å². The summed E-state index contributed by atoms with van der Waals surface area (Å²) in [6.45, 7) is 0. The number of hydrogen-bond donors (Lipinski definition) is 1. The molecule has 110 valence electrons. The molecule has 1 aromatic heterocycles. The Balaban J connectivity index is 2.04. The standard InChI is InChI=1S/C16H13N3O3/c17-14-11-15(20)18(12-7-3-1-4-8-12)19(14)16(21)22-13-9-5-2-6-10-13/h1-11H,17H2. The van der Waals surface area contributed by atoms with Gasteiger partial charge in [0.2, 0.25) is 0 Å². The minimum atomic E-state index is -0.755. The smallest absolute Gasteiger partial charge is 0.409 e. The van der Waals surface area contributed by atoms with Crippen LogP contribution in [0.15, 0.2) is 71.5 Å². The monoisotopic (exact) mass is 295 g/mol. The zero-order valence-electron chi connectivity index (χ0n) is 11.5. The zero-order valence-corrected chi connectivity index (χ0v) is 11.5. The molecule has 0 radical (unpaired) electrons. The van der Waals surface area contributed by atoms with Gasteiger partial charge in [-0.05, 0) is 24.3 Å². The second kappa shape index (κ2) is 5.61. The largest absolute Gasteiger partial charge is 0.440 e. The predicted octanol–water partition coefficient (Wildman–Crippen LogP) is 2.27. The number of para-hydroxylation sites is 2. The second-order valence-corrected chi connectivity index (χ2v) is 4.55. The van der Waals surface area contributed by atoms with Crippen molar-refractivity contribution in [2.75, 3.05) is 5.73 Å². The summed E-state index contributed by atoms with van der Waals surface area (Å²) in [5.41, 5.74) is 5.89. The number of nitrogens with two attached hydrogens (primary N) is 1. The van der Waals surface area contributed by atoms with E-state index in [9.17, 15) is 9.59 Å². The zero-order chi connectivity index (χ0) is 15.5. The summed E-state index contributed by atoms with van der Waals surface area (Å²) in [6.07, 6.45) is -0.755. The Hall–Kier alpha value is -3.28. The van der Waals surface area contributed by atoms with Crippen LogP contribution in [-0.2, 0) is 0 Å². The molecule has 0 bridgehead atoms. The Morgan fingerprint density at radius 3 is 2.18 bits per heavy atom. The van der Waals surface area contributed by atoms with Crippen molar-refractivity contribution in [1.82, 2.24) is 9.36 Å². The van der Waals surface area contributed by atoms with Crippen molar-refractivity contribution in [3.63, 3.8) is 0 Å². The molecular weight excluding hydrogens is 282 g/mol. The molecule has 0 aliphatic rings. The highest BCUT2D eigenvalue weighted by Gasteiger charge is 2.18. The van der Waals surface area contributed by atoms with E-state index in [2.05, 4.69) is 0 Å². The first-order chi connectivity index (χ1) is 10.7. The van der Waals surface area contributed by atoms with Crippen molar-refractivity contribution in [2.24, 2.45) is 0 Å². The second-order valence-electron chi connectivity index (χ2n) is 4.55. The third kappa shape index (κ3) is 2.49. The third-order valence-electron chi connectivity index (χ3n) is 3.05. The van der Waals surface area contributed by atoms with Crippen LogP contribution in [0, 0.1) is 0 Å². The molecule has 0 saturated carbocycles. The number of hydrogen-bond acceptors (Lipinski definition) is 4. The van der Waals surface area contributed by atoms with Gasteiger partial charge in [-0.1, -0.05) is 36.4 Å². The van der Waals surface area contributed by atoms with E-state index in [0.29, 0.717) is 11.4 Å². The van der Waals surface area contributed by atoms with Gasteiger partial charge < -0.3 is 10.5 Å². The number of ether oxygens (including phenoxy) is 1. The summed E-state index contributed by atoms with van der Waals surface area (Å²) in [4.78, 5) is 24.4. The summed E-state index contributed by atoms with van der Waals surface area (Å²) in [6, 6.07) is 18.5. The van der Waals surface area contributed by atoms with Gasteiger partial charge in [0.05, 0.1) is 5.69 Å². The normalized spacial score (nSPS) is 10.4. The Morgan fingerprint density at radius 1 is 0.955 bits per heavy atom. The highest BCUT2D eigenvalue weighted by atomic mass is 16.6. The molecule has 2 aromatic carbocycles. The van der Waals surface area contributed by atoms with E-state index in [1.54, 1.807) is 54.6 Å². The minimum Gasteiger partial charge on any atom is -0.409 e. The SMILES string of the molecule is Nc1cc(=O)n(-c2ccccc2)n1C(=O)Oc1ccccc1. The van der Waals surface area contributed by atoms with Gasteiger partial charge in [0.1, 0.15) is 11.6 Å². The highest BCUT2D eigenvalue weighted by molar-refractivity contribution is 5.76. The maximum absolute atomic E-state index is 12.3. The molecule has 0 unspecified atom stereocenters. The average molecular weight is 295 g/mol. The van der Waals surface area contributed by atoms with Gasteiger partial charge in [-0.15, -0.1) is 0 Å². The number of rotatable bonds is 2.